The number of allylic oxidation sites excluding steroid dienone is 1. The number of aliphatic imine (C=N–C) groups is 1. The normalized spacial score (nSPS) is 17.4. The third-order valence-corrected chi connectivity index (χ3v) is 8.91. The van der Waals surface area contributed by atoms with Gasteiger partial charge in [0.05, 0.1) is 0 Å². The van der Waals surface area contributed by atoms with Gasteiger partial charge in [-0.3, -0.25) is 4.90 Å². The SMILES string of the molecule is C=C/C(=C1/N=CC=CN1C)C(O)Nc1sc(N2CCC(N(C)Cc3ccccc3)CC2)nc1-c1cc(Cl)ccc1OC(F)F. The van der Waals surface area contributed by atoms with Crippen LogP contribution in [0.2, 0.25) is 5.02 Å². The van der Waals surface area contributed by atoms with E-state index in [-0.39, 0.29) is 11.3 Å². The number of aliphatic hydroxyl groups excluding tert-OH is 1. The average molecular weight is 641 g/mol. The molecule has 5 rings (SSSR count). The fraction of sp³-hybridized carbons (Fsp3) is 0.312. The van der Waals surface area contributed by atoms with Crippen molar-refractivity contribution in [3.63, 3.8) is 0 Å². The molecule has 1 atom stereocenters. The lowest BCUT2D eigenvalue weighted by Gasteiger charge is -2.36. The quantitative estimate of drug-likeness (QED) is 0.223. The number of benzene rings is 2. The van der Waals surface area contributed by atoms with Crippen LogP contribution < -0.4 is 15.0 Å². The number of hydrogen-bond acceptors (Lipinski definition) is 9. The van der Waals surface area contributed by atoms with Crippen LogP contribution in [0, 0.1) is 0 Å². The van der Waals surface area contributed by atoms with Crippen molar-refractivity contribution in [3.8, 4) is 17.0 Å². The van der Waals surface area contributed by atoms with Crippen LogP contribution in [-0.2, 0) is 6.54 Å². The molecule has 3 heterocycles. The van der Waals surface area contributed by atoms with E-state index in [4.69, 9.17) is 21.3 Å². The van der Waals surface area contributed by atoms with E-state index in [0.717, 1.165) is 32.5 Å². The van der Waals surface area contributed by atoms with E-state index in [9.17, 15) is 13.9 Å². The maximum atomic E-state index is 13.4. The summed E-state index contributed by atoms with van der Waals surface area (Å²) in [6, 6.07) is 15.2. The summed E-state index contributed by atoms with van der Waals surface area (Å²) in [6.07, 6.45) is 7.40. The predicted octanol–water partition coefficient (Wildman–Crippen LogP) is 6.82. The Kier molecular flexibility index (Phi) is 10.3. The summed E-state index contributed by atoms with van der Waals surface area (Å²) in [5, 5.41) is 16.0. The van der Waals surface area contributed by atoms with Crippen LogP contribution in [0.3, 0.4) is 0 Å². The number of piperidine rings is 1. The van der Waals surface area contributed by atoms with E-state index in [1.54, 1.807) is 17.2 Å². The van der Waals surface area contributed by atoms with Crippen LogP contribution >= 0.6 is 22.9 Å². The number of hydrogen-bond donors (Lipinski definition) is 2. The lowest BCUT2D eigenvalue weighted by molar-refractivity contribution is -0.0494. The third kappa shape index (κ3) is 7.47. The smallest absolute Gasteiger partial charge is 0.387 e. The van der Waals surface area contributed by atoms with Crippen molar-refractivity contribution in [3.05, 3.63) is 95.4 Å². The van der Waals surface area contributed by atoms with Gasteiger partial charge in [0.25, 0.3) is 0 Å². The summed E-state index contributed by atoms with van der Waals surface area (Å²) >= 11 is 7.64. The van der Waals surface area contributed by atoms with Gasteiger partial charge < -0.3 is 25.0 Å². The summed E-state index contributed by atoms with van der Waals surface area (Å²) < 4.78 is 31.6. The molecule has 1 aromatic heterocycles. The first-order valence-electron chi connectivity index (χ1n) is 14.2. The molecule has 0 saturated carbocycles. The zero-order valence-corrected chi connectivity index (χ0v) is 26.1. The zero-order valence-electron chi connectivity index (χ0n) is 24.5. The molecule has 0 amide bonds. The van der Waals surface area contributed by atoms with E-state index in [1.165, 1.54) is 41.2 Å². The maximum Gasteiger partial charge on any atom is 0.387 e. The first kappa shape index (κ1) is 31.6. The molecular formula is C32H35ClF2N6O2S. The molecule has 0 bridgehead atoms. The van der Waals surface area contributed by atoms with Gasteiger partial charge in [0.1, 0.15) is 22.3 Å². The Morgan fingerprint density at radius 3 is 2.68 bits per heavy atom. The van der Waals surface area contributed by atoms with Crippen molar-refractivity contribution in [1.82, 2.24) is 14.8 Å². The highest BCUT2D eigenvalue weighted by Crippen LogP contribution is 2.44. The number of anilines is 2. The molecule has 2 aliphatic rings. The molecule has 2 aromatic carbocycles. The van der Waals surface area contributed by atoms with Gasteiger partial charge in [-0.05, 0) is 49.7 Å². The van der Waals surface area contributed by atoms with Gasteiger partial charge in [0, 0.05) is 61.3 Å². The molecule has 8 nitrogen and oxygen atoms in total. The minimum absolute atomic E-state index is 0.0657. The predicted molar refractivity (Wildman–Crippen MR) is 175 cm³/mol. The van der Waals surface area contributed by atoms with Gasteiger partial charge in [0.15, 0.2) is 11.4 Å². The van der Waals surface area contributed by atoms with Gasteiger partial charge in [0.2, 0.25) is 0 Å². The largest absolute Gasteiger partial charge is 0.434 e. The van der Waals surface area contributed by atoms with Crippen molar-refractivity contribution in [1.29, 1.82) is 0 Å². The second-order valence-electron chi connectivity index (χ2n) is 10.6. The number of halogens is 3. The van der Waals surface area contributed by atoms with Crippen molar-refractivity contribution < 1.29 is 18.6 Å². The van der Waals surface area contributed by atoms with Crippen molar-refractivity contribution in [2.45, 2.75) is 38.3 Å². The minimum Gasteiger partial charge on any atom is -0.434 e. The highest BCUT2D eigenvalue weighted by molar-refractivity contribution is 7.20. The Morgan fingerprint density at radius 1 is 1.25 bits per heavy atom. The number of alkyl halides is 2. The number of nitrogens with one attached hydrogen (secondary N) is 1. The van der Waals surface area contributed by atoms with E-state index in [1.807, 2.05) is 19.3 Å². The maximum absolute atomic E-state index is 13.4. The molecule has 2 aliphatic heterocycles. The Labute approximate surface area is 265 Å². The molecular weight excluding hydrogens is 606 g/mol. The molecule has 0 radical (unpaired) electrons. The second kappa shape index (κ2) is 14.3. The molecule has 232 valence electrons. The fourth-order valence-corrected chi connectivity index (χ4v) is 6.58. The van der Waals surface area contributed by atoms with Crippen LogP contribution in [0.1, 0.15) is 18.4 Å². The molecule has 1 saturated heterocycles. The Hall–Kier alpha value is -3.77. The van der Waals surface area contributed by atoms with Gasteiger partial charge in [-0.2, -0.15) is 8.78 Å². The molecule has 12 heteroatoms. The summed E-state index contributed by atoms with van der Waals surface area (Å²) in [4.78, 5) is 15.6. The molecule has 1 unspecified atom stereocenters. The number of rotatable bonds is 11. The topological polar surface area (TPSA) is 76.5 Å². The highest BCUT2D eigenvalue weighted by Gasteiger charge is 2.28. The summed E-state index contributed by atoms with van der Waals surface area (Å²) in [5.74, 6) is 0.448. The van der Waals surface area contributed by atoms with E-state index < -0.39 is 12.8 Å². The van der Waals surface area contributed by atoms with Gasteiger partial charge in [-0.1, -0.05) is 65.9 Å². The van der Waals surface area contributed by atoms with E-state index in [2.05, 4.69) is 58.0 Å². The molecule has 3 aromatic rings. The standard InChI is InChI=1S/C32H35ClF2N6O2S/c1-4-24(28-36-15-8-16-39(28)2)29(42)38-30-27(25-19-22(33)11-12-26(25)43-31(34)35)37-32(44-30)41-17-13-23(14-18-41)40(3)20-21-9-6-5-7-10-21/h4-12,15-16,19,23,29,31,38,42H,1,13-14,17-18,20H2,2-3H3/b28-24+. The van der Waals surface area contributed by atoms with Crippen LogP contribution in [0.25, 0.3) is 11.3 Å². The van der Waals surface area contributed by atoms with Crippen molar-refractivity contribution >= 4 is 39.3 Å². The first-order chi connectivity index (χ1) is 21.2. The number of thiazole rings is 1. The van der Waals surface area contributed by atoms with E-state index >= 15 is 0 Å². The molecule has 2 N–H and O–H groups in total. The van der Waals surface area contributed by atoms with Crippen LogP contribution in [0.5, 0.6) is 5.75 Å². The van der Waals surface area contributed by atoms with Gasteiger partial charge >= 0.3 is 6.61 Å². The van der Waals surface area contributed by atoms with Crippen molar-refractivity contribution in [2.24, 2.45) is 4.99 Å². The van der Waals surface area contributed by atoms with Crippen LogP contribution in [0.4, 0.5) is 18.9 Å². The lowest BCUT2D eigenvalue weighted by atomic mass is 10.0. The molecule has 1 fully saturated rings. The third-order valence-electron chi connectivity index (χ3n) is 7.63. The highest BCUT2D eigenvalue weighted by atomic mass is 35.5. The van der Waals surface area contributed by atoms with E-state index in [0.29, 0.717) is 38.3 Å². The Morgan fingerprint density at radius 2 is 2.00 bits per heavy atom. The first-order valence-corrected chi connectivity index (χ1v) is 15.4. The lowest BCUT2D eigenvalue weighted by Crippen LogP contribution is -2.43. The summed E-state index contributed by atoms with van der Waals surface area (Å²) in [5.41, 5.74) is 2.34. The number of ether oxygens (including phenoxy) is 1. The average Bonchev–Trinajstić information content (AvgIpc) is 3.43. The number of aromatic nitrogens is 1. The number of aliphatic hydroxyl groups is 1. The monoisotopic (exact) mass is 640 g/mol. The fourth-order valence-electron chi connectivity index (χ4n) is 5.36. The molecule has 44 heavy (non-hydrogen) atoms. The zero-order chi connectivity index (χ0) is 31.2. The summed E-state index contributed by atoms with van der Waals surface area (Å²) in [7, 11) is 3.97. The van der Waals surface area contributed by atoms with Crippen LogP contribution in [0.15, 0.2) is 89.8 Å². The molecule has 0 spiro atoms. The van der Waals surface area contributed by atoms with Gasteiger partial charge in [-0.25, -0.2) is 9.98 Å². The summed E-state index contributed by atoms with van der Waals surface area (Å²) in [6.45, 7) is 3.24. The minimum atomic E-state index is -3.04. The van der Waals surface area contributed by atoms with Crippen molar-refractivity contribution in [2.75, 3.05) is 37.4 Å². The Bertz CT molecular complexity index is 1540. The van der Waals surface area contributed by atoms with Crippen LogP contribution in [-0.4, -0.2) is 72.2 Å². The second-order valence-corrected chi connectivity index (χ2v) is 12.0. The molecule has 0 aliphatic carbocycles. The number of nitrogens with zero attached hydrogens (tertiary/aromatic N) is 5. The van der Waals surface area contributed by atoms with Gasteiger partial charge in [-0.15, -0.1) is 0 Å². The Balaban J connectivity index is 1.43.